The van der Waals surface area contributed by atoms with Crippen molar-refractivity contribution in [3.05, 3.63) is 40.5 Å². The van der Waals surface area contributed by atoms with Gasteiger partial charge in [-0.2, -0.15) is 4.98 Å². The minimum Gasteiger partial charge on any atom is -0.439 e. The van der Waals surface area contributed by atoms with Crippen LogP contribution in [0.4, 0.5) is 0 Å². The van der Waals surface area contributed by atoms with E-state index < -0.39 is 15.0 Å². The van der Waals surface area contributed by atoms with Gasteiger partial charge in [-0.15, -0.1) is 0 Å². The lowest BCUT2D eigenvalue weighted by molar-refractivity contribution is 0.453. The number of rotatable bonds is 3. The van der Waals surface area contributed by atoms with Crippen LogP contribution in [0.2, 0.25) is 10.2 Å². The Morgan fingerprint density at radius 3 is 2.53 bits per heavy atom. The average Bonchev–Trinajstić information content (AvgIpc) is 2.26. The molecule has 8 heteroatoms. The molecule has 2 rings (SSSR count). The summed E-state index contributed by atoms with van der Waals surface area (Å²) in [6.07, 6.45) is 0.988. The molecule has 0 aliphatic rings. The molecular weight excluding hydrogens is 311 g/mol. The summed E-state index contributed by atoms with van der Waals surface area (Å²) in [5.41, 5.74) is 0. The van der Waals surface area contributed by atoms with E-state index in [4.69, 9.17) is 27.9 Å². The van der Waals surface area contributed by atoms with Gasteiger partial charge in [-0.25, -0.2) is 13.4 Å². The number of nitrogens with zero attached hydrogens (tertiary/aromatic N) is 2. The number of sulfone groups is 1. The van der Waals surface area contributed by atoms with Crippen LogP contribution in [0.3, 0.4) is 0 Å². The zero-order chi connectivity index (χ0) is 14.0. The standard InChI is InChI=1S/C11H8Cl2N2O3S/c1-19(16,17)11-14-9(13)6-10(15-11)18-8-4-2-3-7(12)5-8/h2-6H,1H3. The van der Waals surface area contributed by atoms with Crippen molar-refractivity contribution in [1.82, 2.24) is 9.97 Å². The van der Waals surface area contributed by atoms with Crippen LogP contribution in [-0.4, -0.2) is 24.6 Å². The lowest BCUT2D eigenvalue weighted by atomic mass is 10.3. The SMILES string of the molecule is CS(=O)(=O)c1nc(Cl)cc(Oc2cccc(Cl)c2)n1. The molecular formula is C11H8Cl2N2O3S. The molecule has 0 radical (unpaired) electrons. The molecule has 5 nitrogen and oxygen atoms in total. The van der Waals surface area contributed by atoms with Crippen LogP contribution in [0.15, 0.2) is 35.5 Å². The molecule has 0 aliphatic carbocycles. The van der Waals surface area contributed by atoms with Crippen LogP contribution in [0.5, 0.6) is 11.6 Å². The van der Waals surface area contributed by atoms with E-state index >= 15 is 0 Å². The molecule has 0 bridgehead atoms. The van der Waals surface area contributed by atoms with Crippen molar-refractivity contribution in [3.63, 3.8) is 0 Å². The number of hydrogen-bond acceptors (Lipinski definition) is 5. The summed E-state index contributed by atoms with van der Waals surface area (Å²) in [7, 11) is -3.56. The van der Waals surface area contributed by atoms with Gasteiger partial charge < -0.3 is 4.74 Å². The zero-order valence-electron chi connectivity index (χ0n) is 9.67. The fourth-order valence-electron chi connectivity index (χ4n) is 1.25. The van der Waals surface area contributed by atoms with Gasteiger partial charge in [0, 0.05) is 17.3 Å². The van der Waals surface area contributed by atoms with E-state index in [1.54, 1.807) is 24.3 Å². The van der Waals surface area contributed by atoms with E-state index in [9.17, 15) is 8.42 Å². The van der Waals surface area contributed by atoms with Gasteiger partial charge in [0.15, 0.2) is 0 Å². The maximum absolute atomic E-state index is 11.4. The minimum atomic E-state index is -3.56. The first-order valence-corrected chi connectivity index (χ1v) is 7.67. The molecule has 100 valence electrons. The minimum absolute atomic E-state index is 0.0209. The largest absolute Gasteiger partial charge is 0.439 e. The Labute approximate surface area is 120 Å². The van der Waals surface area contributed by atoms with Gasteiger partial charge in [0.25, 0.3) is 5.16 Å². The van der Waals surface area contributed by atoms with E-state index in [0.29, 0.717) is 10.8 Å². The quantitative estimate of drug-likeness (QED) is 0.642. The first kappa shape index (κ1) is 14.0. The molecule has 0 unspecified atom stereocenters. The molecule has 1 heterocycles. The third-order valence-electron chi connectivity index (χ3n) is 2.00. The molecule has 2 aromatic rings. The van der Waals surface area contributed by atoms with E-state index in [-0.39, 0.29) is 11.0 Å². The van der Waals surface area contributed by atoms with E-state index in [2.05, 4.69) is 9.97 Å². The van der Waals surface area contributed by atoms with Crippen molar-refractivity contribution in [2.45, 2.75) is 5.16 Å². The maximum atomic E-state index is 11.4. The predicted molar refractivity (Wildman–Crippen MR) is 71.7 cm³/mol. The van der Waals surface area contributed by atoms with E-state index in [1.165, 1.54) is 6.07 Å². The summed E-state index contributed by atoms with van der Waals surface area (Å²) < 4.78 is 28.2. The Balaban J connectivity index is 2.38. The first-order valence-electron chi connectivity index (χ1n) is 5.03. The third-order valence-corrected chi connectivity index (χ3v) is 3.28. The molecule has 1 aromatic carbocycles. The number of halogens is 2. The smallest absolute Gasteiger partial charge is 0.251 e. The topological polar surface area (TPSA) is 69.2 Å². The summed E-state index contributed by atoms with van der Waals surface area (Å²) in [5.74, 6) is 0.449. The van der Waals surface area contributed by atoms with Crippen LogP contribution < -0.4 is 4.74 Å². The molecule has 0 atom stereocenters. The van der Waals surface area contributed by atoms with E-state index in [0.717, 1.165) is 6.26 Å². The second-order valence-corrected chi connectivity index (χ2v) is 6.38. The second-order valence-electron chi connectivity index (χ2n) is 3.64. The van der Waals surface area contributed by atoms with E-state index in [1.807, 2.05) is 0 Å². The number of ether oxygens (including phenoxy) is 1. The summed E-state index contributed by atoms with van der Waals surface area (Å²) in [6.45, 7) is 0. The fraction of sp³-hybridized carbons (Fsp3) is 0.0909. The van der Waals surface area contributed by atoms with Crippen molar-refractivity contribution in [3.8, 4) is 11.6 Å². The second kappa shape index (κ2) is 5.32. The Bertz CT molecular complexity index is 720. The van der Waals surface area contributed by atoms with Crippen LogP contribution in [0.25, 0.3) is 0 Å². The Morgan fingerprint density at radius 2 is 1.89 bits per heavy atom. The van der Waals surface area contributed by atoms with Gasteiger partial charge in [0.2, 0.25) is 15.7 Å². The van der Waals surface area contributed by atoms with Crippen LogP contribution in [0, 0.1) is 0 Å². The number of benzene rings is 1. The van der Waals surface area contributed by atoms with Crippen molar-refractivity contribution in [2.24, 2.45) is 0 Å². The van der Waals surface area contributed by atoms with Gasteiger partial charge >= 0.3 is 0 Å². The van der Waals surface area contributed by atoms with Crippen molar-refractivity contribution in [2.75, 3.05) is 6.26 Å². The highest BCUT2D eigenvalue weighted by Gasteiger charge is 2.14. The zero-order valence-corrected chi connectivity index (χ0v) is 12.0. The van der Waals surface area contributed by atoms with Crippen LogP contribution >= 0.6 is 23.2 Å². The van der Waals surface area contributed by atoms with Gasteiger partial charge in [-0.05, 0) is 18.2 Å². The lowest BCUT2D eigenvalue weighted by Gasteiger charge is -2.06. The molecule has 0 spiro atoms. The summed E-state index contributed by atoms with van der Waals surface area (Å²) in [5, 5.41) is 0.0745. The highest BCUT2D eigenvalue weighted by molar-refractivity contribution is 7.90. The average molecular weight is 319 g/mol. The predicted octanol–water partition coefficient (Wildman–Crippen LogP) is 2.98. The number of aromatic nitrogens is 2. The van der Waals surface area contributed by atoms with Crippen molar-refractivity contribution >= 4 is 33.0 Å². The molecule has 0 saturated heterocycles. The molecule has 19 heavy (non-hydrogen) atoms. The van der Waals surface area contributed by atoms with Gasteiger partial charge in [-0.3, -0.25) is 0 Å². The molecule has 0 saturated carbocycles. The number of hydrogen-bond donors (Lipinski definition) is 0. The highest BCUT2D eigenvalue weighted by atomic mass is 35.5. The Morgan fingerprint density at radius 1 is 1.16 bits per heavy atom. The normalized spacial score (nSPS) is 11.3. The van der Waals surface area contributed by atoms with Crippen molar-refractivity contribution in [1.29, 1.82) is 0 Å². The van der Waals surface area contributed by atoms with Crippen LogP contribution in [0.1, 0.15) is 0 Å². The molecule has 0 fully saturated rings. The molecule has 0 aliphatic heterocycles. The summed E-state index contributed by atoms with van der Waals surface area (Å²) in [6, 6.07) is 7.91. The summed E-state index contributed by atoms with van der Waals surface area (Å²) >= 11 is 11.5. The maximum Gasteiger partial charge on any atom is 0.251 e. The molecule has 0 N–H and O–H groups in total. The van der Waals surface area contributed by atoms with Gasteiger partial charge in [0.05, 0.1) is 0 Å². The monoisotopic (exact) mass is 318 g/mol. The van der Waals surface area contributed by atoms with Gasteiger partial charge in [0.1, 0.15) is 10.9 Å². The molecule has 1 aromatic heterocycles. The van der Waals surface area contributed by atoms with Gasteiger partial charge in [-0.1, -0.05) is 29.3 Å². The fourth-order valence-corrected chi connectivity index (χ4v) is 2.17. The third kappa shape index (κ3) is 3.79. The Kier molecular flexibility index (Phi) is 3.93. The Hall–Kier alpha value is -1.37. The first-order chi connectivity index (χ1) is 8.84. The summed E-state index contributed by atoms with van der Waals surface area (Å²) in [4.78, 5) is 7.41. The molecule has 0 amide bonds. The highest BCUT2D eigenvalue weighted by Crippen LogP contribution is 2.24. The van der Waals surface area contributed by atoms with Crippen LogP contribution in [-0.2, 0) is 9.84 Å². The van der Waals surface area contributed by atoms with Crippen molar-refractivity contribution < 1.29 is 13.2 Å². The lowest BCUT2D eigenvalue weighted by Crippen LogP contribution is -2.05.